The van der Waals surface area contributed by atoms with Gasteiger partial charge in [0, 0.05) is 24.1 Å². The highest BCUT2D eigenvalue weighted by Gasteiger charge is 2.22. The van der Waals surface area contributed by atoms with Gasteiger partial charge in [-0.1, -0.05) is 60.7 Å². The minimum absolute atomic E-state index is 0.0924. The number of pyridine rings is 1. The zero-order valence-electron chi connectivity index (χ0n) is 14.3. The van der Waals surface area contributed by atoms with E-state index in [9.17, 15) is 9.90 Å². The lowest BCUT2D eigenvalue weighted by Crippen LogP contribution is -2.27. The van der Waals surface area contributed by atoms with E-state index in [4.69, 9.17) is 0 Å². The molecule has 0 unspecified atom stereocenters. The predicted molar refractivity (Wildman–Crippen MR) is 103 cm³/mol. The van der Waals surface area contributed by atoms with Crippen LogP contribution in [0.3, 0.4) is 0 Å². The van der Waals surface area contributed by atoms with Crippen molar-refractivity contribution in [2.75, 3.05) is 0 Å². The van der Waals surface area contributed by atoms with Crippen LogP contribution in [-0.4, -0.2) is 16.0 Å². The smallest absolute Gasteiger partial charge is 0.217 e. The van der Waals surface area contributed by atoms with Crippen molar-refractivity contribution in [1.29, 1.82) is 0 Å². The summed E-state index contributed by atoms with van der Waals surface area (Å²) in [5.74, 6) is -0.0711. The molecule has 2 N–H and O–H groups in total. The summed E-state index contributed by atoms with van der Waals surface area (Å²) < 4.78 is 0. The molecule has 1 amide bonds. The summed E-state index contributed by atoms with van der Waals surface area (Å²) in [6.45, 7) is 1.48. The summed E-state index contributed by atoms with van der Waals surface area (Å²) in [6.07, 6.45) is 1.65. The van der Waals surface area contributed by atoms with E-state index >= 15 is 0 Å². The number of carbonyl (C=O) groups is 1. The van der Waals surface area contributed by atoms with Crippen molar-refractivity contribution >= 4 is 27.6 Å². The zero-order chi connectivity index (χ0) is 18.1. The number of nitrogens with one attached hydrogen (secondary N) is 1. The molecule has 0 aliphatic heterocycles. The van der Waals surface area contributed by atoms with E-state index in [1.54, 1.807) is 6.20 Å². The molecule has 0 bridgehead atoms. The fourth-order valence-electron chi connectivity index (χ4n) is 3.41. The zero-order valence-corrected chi connectivity index (χ0v) is 14.3. The molecule has 4 aromatic rings. The SMILES string of the molecule is CC(=O)N[C@H](c1ccc2cccnc2c1O)c1cccc2ccccc12. The lowest BCUT2D eigenvalue weighted by molar-refractivity contribution is -0.119. The number of amides is 1. The van der Waals surface area contributed by atoms with Crippen molar-refractivity contribution in [3.05, 3.63) is 84.1 Å². The first kappa shape index (κ1) is 16.1. The third-order valence-electron chi connectivity index (χ3n) is 4.57. The number of rotatable bonds is 3. The van der Waals surface area contributed by atoms with Crippen molar-refractivity contribution in [3.8, 4) is 5.75 Å². The van der Waals surface area contributed by atoms with Crippen molar-refractivity contribution in [3.63, 3.8) is 0 Å². The quantitative estimate of drug-likeness (QED) is 0.583. The van der Waals surface area contributed by atoms with E-state index < -0.39 is 6.04 Å². The van der Waals surface area contributed by atoms with Crippen molar-refractivity contribution < 1.29 is 9.90 Å². The van der Waals surface area contributed by atoms with Crippen LogP contribution in [0.2, 0.25) is 0 Å². The maximum absolute atomic E-state index is 11.9. The van der Waals surface area contributed by atoms with Crippen molar-refractivity contribution in [2.45, 2.75) is 13.0 Å². The summed E-state index contributed by atoms with van der Waals surface area (Å²) in [6, 6.07) is 21.0. The van der Waals surface area contributed by atoms with Gasteiger partial charge in [-0.3, -0.25) is 9.78 Å². The largest absolute Gasteiger partial charge is 0.505 e. The monoisotopic (exact) mass is 342 g/mol. The van der Waals surface area contributed by atoms with Gasteiger partial charge in [0.05, 0.1) is 6.04 Å². The van der Waals surface area contributed by atoms with Gasteiger partial charge in [-0.2, -0.15) is 0 Å². The number of hydrogen-bond donors (Lipinski definition) is 2. The second-order valence-electron chi connectivity index (χ2n) is 6.28. The Morgan fingerprint density at radius 1 is 0.923 bits per heavy atom. The maximum atomic E-state index is 11.9. The first-order chi connectivity index (χ1) is 12.6. The first-order valence-electron chi connectivity index (χ1n) is 8.46. The van der Waals surface area contributed by atoms with Crippen LogP contribution in [0.4, 0.5) is 0 Å². The van der Waals surface area contributed by atoms with E-state index in [1.807, 2.05) is 66.7 Å². The summed E-state index contributed by atoms with van der Waals surface area (Å²) in [7, 11) is 0. The number of carbonyl (C=O) groups excluding carboxylic acids is 1. The molecule has 0 aliphatic carbocycles. The molecular formula is C22H18N2O2. The standard InChI is InChI=1S/C22H18N2O2/c1-14(25)24-21(18-10-4-7-15-6-2-3-9-17(15)18)19-12-11-16-8-5-13-23-20(16)22(19)26/h2-13,21,26H,1H3,(H,24,25)/t21-/m0/s1. The molecule has 0 fully saturated rings. The Morgan fingerprint density at radius 3 is 2.54 bits per heavy atom. The number of benzene rings is 3. The molecule has 4 heteroatoms. The summed E-state index contributed by atoms with van der Waals surface area (Å²) >= 11 is 0. The number of phenols is 1. The number of hydrogen-bond acceptors (Lipinski definition) is 3. The van der Waals surface area contributed by atoms with Crippen LogP contribution in [0.15, 0.2) is 72.9 Å². The van der Waals surface area contributed by atoms with E-state index in [1.165, 1.54) is 6.92 Å². The predicted octanol–water partition coefficient (Wildman–Crippen LogP) is 4.32. The second-order valence-corrected chi connectivity index (χ2v) is 6.28. The van der Waals surface area contributed by atoms with Crippen LogP contribution in [0.25, 0.3) is 21.7 Å². The number of nitrogens with zero attached hydrogens (tertiary/aromatic N) is 1. The maximum Gasteiger partial charge on any atom is 0.217 e. The summed E-state index contributed by atoms with van der Waals surface area (Å²) in [4.78, 5) is 16.2. The van der Waals surface area contributed by atoms with Gasteiger partial charge in [0.15, 0.2) is 0 Å². The highest BCUT2D eigenvalue weighted by Crippen LogP contribution is 2.36. The summed E-state index contributed by atoms with van der Waals surface area (Å²) in [5, 5.41) is 16.8. The Balaban J connectivity index is 1.96. The van der Waals surface area contributed by atoms with E-state index in [-0.39, 0.29) is 11.7 Å². The molecule has 26 heavy (non-hydrogen) atoms. The fraction of sp³-hybridized carbons (Fsp3) is 0.0909. The lowest BCUT2D eigenvalue weighted by Gasteiger charge is -2.22. The van der Waals surface area contributed by atoms with Gasteiger partial charge in [0.2, 0.25) is 5.91 Å². The molecule has 4 nitrogen and oxygen atoms in total. The number of aromatic hydroxyl groups is 1. The van der Waals surface area contributed by atoms with Gasteiger partial charge in [-0.25, -0.2) is 0 Å². The van der Waals surface area contributed by atoms with Crippen molar-refractivity contribution in [2.24, 2.45) is 0 Å². The lowest BCUT2D eigenvalue weighted by atomic mass is 9.92. The molecule has 0 saturated heterocycles. The Bertz CT molecular complexity index is 1120. The van der Waals surface area contributed by atoms with Crippen LogP contribution in [0.5, 0.6) is 5.75 Å². The van der Waals surface area contributed by atoms with Gasteiger partial charge in [-0.15, -0.1) is 0 Å². The molecule has 0 saturated carbocycles. The molecular weight excluding hydrogens is 324 g/mol. The number of fused-ring (bicyclic) bond motifs is 2. The molecule has 1 atom stereocenters. The van der Waals surface area contributed by atoms with Gasteiger partial charge in [0.1, 0.15) is 11.3 Å². The first-order valence-corrected chi connectivity index (χ1v) is 8.46. The Hall–Kier alpha value is -3.40. The second kappa shape index (κ2) is 6.48. The minimum Gasteiger partial charge on any atom is -0.505 e. The van der Waals surface area contributed by atoms with Crippen LogP contribution >= 0.6 is 0 Å². The highest BCUT2D eigenvalue weighted by atomic mass is 16.3. The molecule has 0 aliphatic rings. The topological polar surface area (TPSA) is 62.2 Å². The molecule has 3 aromatic carbocycles. The molecule has 128 valence electrons. The van der Waals surface area contributed by atoms with Gasteiger partial charge >= 0.3 is 0 Å². The average molecular weight is 342 g/mol. The average Bonchev–Trinajstić information content (AvgIpc) is 2.66. The molecule has 0 spiro atoms. The molecule has 1 heterocycles. The molecule has 1 aromatic heterocycles. The fourth-order valence-corrected chi connectivity index (χ4v) is 3.41. The van der Waals surface area contributed by atoms with Crippen LogP contribution in [0.1, 0.15) is 24.1 Å². The summed E-state index contributed by atoms with van der Waals surface area (Å²) in [5.41, 5.74) is 2.09. The number of phenolic OH excluding ortho intramolecular Hbond substituents is 1. The molecule has 0 radical (unpaired) electrons. The Kier molecular flexibility index (Phi) is 4.01. The van der Waals surface area contributed by atoms with Crippen molar-refractivity contribution in [1.82, 2.24) is 10.3 Å². The normalized spacial score (nSPS) is 12.2. The third kappa shape index (κ3) is 2.75. The third-order valence-corrected chi connectivity index (χ3v) is 4.57. The molecule has 4 rings (SSSR count). The van der Waals surface area contributed by atoms with E-state index in [2.05, 4.69) is 10.3 Å². The Labute approximate surface area is 151 Å². The van der Waals surface area contributed by atoms with E-state index in [0.29, 0.717) is 11.1 Å². The minimum atomic E-state index is -0.468. The number of aromatic nitrogens is 1. The van der Waals surface area contributed by atoms with Gasteiger partial charge < -0.3 is 10.4 Å². The van der Waals surface area contributed by atoms with E-state index in [0.717, 1.165) is 21.7 Å². The highest BCUT2D eigenvalue weighted by molar-refractivity contribution is 5.89. The Morgan fingerprint density at radius 2 is 1.69 bits per heavy atom. The van der Waals surface area contributed by atoms with Crippen LogP contribution in [0, 0.1) is 0 Å². The van der Waals surface area contributed by atoms with Gasteiger partial charge in [0.25, 0.3) is 0 Å². The van der Waals surface area contributed by atoms with Crippen LogP contribution in [-0.2, 0) is 4.79 Å². The van der Waals surface area contributed by atoms with Crippen LogP contribution < -0.4 is 5.32 Å². The van der Waals surface area contributed by atoms with Gasteiger partial charge in [-0.05, 0) is 22.4 Å².